The van der Waals surface area contributed by atoms with E-state index in [1.54, 1.807) is 31.3 Å². The Bertz CT molecular complexity index is 272. The maximum Gasteiger partial charge on any atom is 0.339 e. The molecule has 1 radical (unpaired) electrons. The van der Waals surface area contributed by atoms with Gasteiger partial charge in [0, 0.05) is 6.92 Å². The third kappa shape index (κ3) is 2.87. The number of nitrogens with one attached hydrogen (secondary N) is 1. The Balaban J connectivity index is 2.59. The van der Waals surface area contributed by atoms with Crippen molar-refractivity contribution in [2.24, 2.45) is 0 Å². The minimum atomic E-state index is -0.507. The highest BCUT2D eigenvalue weighted by Crippen LogP contribution is 2.01. The molecular weight excluding hydrogens is 166 g/mol. The van der Waals surface area contributed by atoms with Crippen molar-refractivity contribution < 1.29 is 9.53 Å². The standard InChI is InChI=1S/C10H12NO2/c1-8(11-2)13-10(12)9-6-4-3-5-7-9/h3-8,11H,1H2,2H3. The van der Waals surface area contributed by atoms with Gasteiger partial charge in [-0.15, -0.1) is 0 Å². The van der Waals surface area contributed by atoms with Gasteiger partial charge < -0.3 is 4.74 Å². The van der Waals surface area contributed by atoms with Crippen LogP contribution in [0.2, 0.25) is 0 Å². The van der Waals surface area contributed by atoms with Gasteiger partial charge in [-0.3, -0.25) is 5.32 Å². The van der Waals surface area contributed by atoms with Gasteiger partial charge >= 0.3 is 5.97 Å². The normalized spacial score (nSPS) is 12.2. The number of hydrogen-bond acceptors (Lipinski definition) is 3. The summed E-state index contributed by atoms with van der Waals surface area (Å²) in [7, 11) is 1.68. The van der Waals surface area contributed by atoms with Gasteiger partial charge in [-0.05, 0) is 19.2 Å². The quantitative estimate of drug-likeness (QED) is 0.558. The first-order valence-electron chi connectivity index (χ1n) is 4.00. The van der Waals surface area contributed by atoms with E-state index in [1.807, 2.05) is 6.07 Å². The molecule has 0 amide bonds. The molecule has 0 heterocycles. The van der Waals surface area contributed by atoms with Crippen molar-refractivity contribution in [3.05, 3.63) is 42.8 Å². The first-order valence-corrected chi connectivity index (χ1v) is 4.00. The smallest absolute Gasteiger partial charge is 0.339 e. The van der Waals surface area contributed by atoms with Gasteiger partial charge in [0.05, 0.1) is 5.56 Å². The average molecular weight is 178 g/mol. The zero-order chi connectivity index (χ0) is 9.68. The van der Waals surface area contributed by atoms with Crippen LogP contribution in [0.3, 0.4) is 0 Å². The second kappa shape index (κ2) is 4.62. The van der Waals surface area contributed by atoms with Crippen molar-refractivity contribution in [1.82, 2.24) is 5.32 Å². The van der Waals surface area contributed by atoms with Gasteiger partial charge in [0.25, 0.3) is 0 Å². The zero-order valence-corrected chi connectivity index (χ0v) is 7.49. The number of benzene rings is 1. The predicted molar refractivity (Wildman–Crippen MR) is 50.1 cm³/mol. The first kappa shape index (κ1) is 9.74. The number of esters is 1. The van der Waals surface area contributed by atoms with E-state index in [0.717, 1.165) is 0 Å². The van der Waals surface area contributed by atoms with Crippen molar-refractivity contribution >= 4 is 5.97 Å². The topological polar surface area (TPSA) is 38.3 Å². The Morgan fingerprint density at radius 3 is 2.62 bits per heavy atom. The van der Waals surface area contributed by atoms with Crippen LogP contribution in [-0.4, -0.2) is 19.2 Å². The summed E-state index contributed by atoms with van der Waals surface area (Å²) < 4.78 is 4.92. The molecule has 0 spiro atoms. The fourth-order valence-electron chi connectivity index (χ4n) is 0.830. The van der Waals surface area contributed by atoms with E-state index in [9.17, 15) is 4.79 Å². The van der Waals surface area contributed by atoms with Crippen LogP contribution < -0.4 is 5.32 Å². The SMILES string of the molecule is [CH2]C(NC)OC(=O)c1ccccc1. The maximum atomic E-state index is 11.3. The summed E-state index contributed by atoms with van der Waals surface area (Å²) in [5.74, 6) is -0.366. The molecule has 0 aliphatic rings. The average Bonchev–Trinajstić information content (AvgIpc) is 2.19. The van der Waals surface area contributed by atoms with Gasteiger partial charge in [0.1, 0.15) is 0 Å². The van der Waals surface area contributed by atoms with Crippen LogP contribution >= 0.6 is 0 Å². The molecule has 3 heteroatoms. The van der Waals surface area contributed by atoms with Crippen LogP contribution in [0.1, 0.15) is 10.4 Å². The highest BCUT2D eigenvalue weighted by molar-refractivity contribution is 5.89. The molecule has 0 bridgehead atoms. The molecule has 0 aliphatic heterocycles. The lowest BCUT2D eigenvalue weighted by Gasteiger charge is -2.11. The molecule has 1 aromatic rings. The molecule has 1 atom stereocenters. The van der Waals surface area contributed by atoms with Gasteiger partial charge in [0.15, 0.2) is 6.23 Å². The van der Waals surface area contributed by atoms with Crippen LogP contribution in [0.4, 0.5) is 0 Å². The van der Waals surface area contributed by atoms with Crippen molar-refractivity contribution in [3.8, 4) is 0 Å². The van der Waals surface area contributed by atoms with E-state index in [4.69, 9.17) is 4.74 Å². The number of carbonyl (C=O) groups excluding carboxylic acids is 1. The summed E-state index contributed by atoms with van der Waals surface area (Å²) in [6.07, 6.45) is -0.507. The molecule has 1 aromatic carbocycles. The first-order chi connectivity index (χ1) is 6.24. The Morgan fingerprint density at radius 2 is 2.08 bits per heavy atom. The van der Waals surface area contributed by atoms with E-state index in [2.05, 4.69) is 12.2 Å². The van der Waals surface area contributed by atoms with Crippen molar-refractivity contribution in [2.75, 3.05) is 7.05 Å². The van der Waals surface area contributed by atoms with E-state index < -0.39 is 6.23 Å². The minimum absolute atomic E-state index is 0.366. The van der Waals surface area contributed by atoms with E-state index in [-0.39, 0.29) is 5.97 Å². The minimum Gasteiger partial charge on any atom is -0.443 e. The summed E-state index contributed by atoms with van der Waals surface area (Å²) in [4.78, 5) is 11.3. The highest BCUT2D eigenvalue weighted by Gasteiger charge is 2.08. The van der Waals surface area contributed by atoms with Gasteiger partial charge in [0.2, 0.25) is 0 Å². The fraction of sp³-hybridized carbons (Fsp3) is 0.200. The number of hydrogen-bond donors (Lipinski definition) is 1. The van der Waals surface area contributed by atoms with E-state index in [1.165, 1.54) is 0 Å². The van der Waals surface area contributed by atoms with Crippen LogP contribution in [-0.2, 0) is 4.74 Å². The molecule has 0 fully saturated rings. The number of rotatable bonds is 3. The molecule has 1 rings (SSSR count). The Hall–Kier alpha value is -1.35. The second-order valence-electron chi connectivity index (χ2n) is 2.55. The van der Waals surface area contributed by atoms with Gasteiger partial charge in [-0.1, -0.05) is 18.2 Å². The molecule has 3 nitrogen and oxygen atoms in total. The lowest BCUT2D eigenvalue weighted by Crippen LogP contribution is -2.27. The molecule has 0 saturated carbocycles. The summed E-state index contributed by atoms with van der Waals surface area (Å²) in [5.41, 5.74) is 0.534. The number of ether oxygens (including phenoxy) is 1. The van der Waals surface area contributed by atoms with Gasteiger partial charge in [-0.2, -0.15) is 0 Å². The summed E-state index contributed by atoms with van der Waals surface area (Å²) in [6.45, 7) is 3.57. The van der Waals surface area contributed by atoms with Crippen molar-refractivity contribution in [1.29, 1.82) is 0 Å². The largest absolute Gasteiger partial charge is 0.443 e. The summed E-state index contributed by atoms with van der Waals surface area (Å²) >= 11 is 0. The van der Waals surface area contributed by atoms with E-state index in [0.29, 0.717) is 5.56 Å². The van der Waals surface area contributed by atoms with Crippen molar-refractivity contribution in [2.45, 2.75) is 6.23 Å². The van der Waals surface area contributed by atoms with Crippen LogP contribution in [0, 0.1) is 6.92 Å². The Kier molecular flexibility index (Phi) is 3.46. The van der Waals surface area contributed by atoms with Crippen LogP contribution in [0.25, 0.3) is 0 Å². The third-order valence-electron chi connectivity index (χ3n) is 1.58. The molecule has 0 aromatic heterocycles. The zero-order valence-electron chi connectivity index (χ0n) is 7.49. The number of carbonyl (C=O) groups is 1. The molecule has 1 N–H and O–H groups in total. The summed E-state index contributed by atoms with van der Waals surface area (Å²) in [5, 5.41) is 2.71. The van der Waals surface area contributed by atoms with Crippen molar-refractivity contribution in [3.63, 3.8) is 0 Å². The lowest BCUT2D eigenvalue weighted by atomic mass is 10.2. The molecular formula is C10H12NO2. The monoisotopic (exact) mass is 178 g/mol. The lowest BCUT2D eigenvalue weighted by molar-refractivity contribution is 0.0342. The Morgan fingerprint density at radius 1 is 1.46 bits per heavy atom. The molecule has 0 aliphatic carbocycles. The summed E-state index contributed by atoms with van der Waals surface area (Å²) in [6, 6.07) is 8.81. The van der Waals surface area contributed by atoms with Crippen LogP contribution in [0.5, 0.6) is 0 Å². The molecule has 0 saturated heterocycles. The van der Waals surface area contributed by atoms with Gasteiger partial charge in [-0.25, -0.2) is 4.79 Å². The molecule has 13 heavy (non-hydrogen) atoms. The third-order valence-corrected chi connectivity index (χ3v) is 1.58. The van der Waals surface area contributed by atoms with E-state index >= 15 is 0 Å². The highest BCUT2D eigenvalue weighted by atomic mass is 16.6. The fourth-order valence-corrected chi connectivity index (χ4v) is 0.830. The van der Waals surface area contributed by atoms with Crippen LogP contribution in [0.15, 0.2) is 30.3 Å². The predicted octanol–water partition coefficient (Wildman–Crippen LogP) is 1.22. The molecule has 1 unspecified atom stereocenters. The second-order valence-corrected chi connectivity index (χ2v) is 2.55. The molecule has 69 valence electrons. The Labute approximate surface area is 77.7 Å². The maximum absolute atomic E-state index is 11.3.